The fourth-order valence-corrected chi connectivity index (χ4v) is 2.62. The minimum Gasteiger partial charge on any atom is -0.486 e. The number of benzene rings is 1. The molecule has 6 nitrogen and oxygen atoms in total. The molecule has 0 bridgehead atoms. The first-order valence-corrected chi connectivity index (χ1v) is 8.67. The first kappa shape index (κ1) is 16.9. The van der Waals surface area contributed by atoms with E-state index < -0.39 is 0 Å². The molecular formula is C16H14IN3O3S. The molecule has 2 N–H and O–H groups in total. The van der Waals surface area contributed by atoms with Gasteiger partial charge in [-0.2, -0.15) is 0 Å². The lowest BCUT2D eigenvalue weighted by Gasteiger charge is -2.18. The van der Waals surface area contributed by atoms with Gasteiger partial charge in [0.2, 0.25) is 0 Å². The molecule has 0 fully saturated rings. The first-order chi connectivity index (χ1) is 11.5. The number of anilines is 1. The van der Waals surface area contributed by atoms with Gasteiger partial charge in [-0.25, -0.2) is 4.98 Å². The summed E-state index contributed by atoms with van der Waals surface area (Å²) in [5, 5.41) is 5.71. The molecule has 0 aliphatic carbocycles. The molecule has 124 valence electrons. The molecule has 2 heterocycles. The summed E-state index contributed by atoms with van der Waals surface area (Å²) in [6.07, 6.45) is 0. The fourth-order valence-electron chi connectivity index (χ4n) is 2.12. The molecule has 1 amide bonds. The third kappa shape index (κ3) is 3.93. The Balaban J connectivity index is 1.65. The third-order valence-electron chi connectivity index (χ3n) is 3.29. The van der Waals surface area contributed by atoms with E-state index in [1.807, 2.05) is 13.0 Å². The fraction of sp³-hybridized carbons (Fsp3) is 0.188. The van der Waals surface area contributed by atoms with E-state index in [-0.39, 0.29) is 11.0 Å². The Labute approximate surface area is 158 Å². The number of rotatable bonds is 2. The van der Waals surface area contributed by atoms with Gasteiger partial charge >= 0.3 is 0 Å². The number of halogens is 1. The predicted molar refractivity (Wildman–Crippen MR) is 103 cm³/mol. The zero-order chi connectivity index (χ0) is 17.1. The van der Waals surface area contributed by atoms with E-state index in [4.69, 9.17) is 21.7 Å². The highest BCUT2D eigenvalue weighted by Crippen LogP contribution is 2.30. The van der Waals surface area contributed by atoms with Crippen molar-refractivity contribution in [1.29, 1.82) is 0 Å². The van der Waals surface area contributed by atoms with E-state index in [2.05, 4.69) is 38.2 Å². The summed E-state index contributed by atoms with van der Waals surface area (Å²) in [6.45, 7) is 2.88. The van der Waals surface area contributed by atoms with Crippen LogP contribution in [0, 0.1) is 10.5 Å². The molecule has 1 aromatic carbocycles. The normalized spacial score (nSPS) is 12.4. The van der Waals surface area contributed by atoms with Crippen molar-refractivity contribution < 1.29 is 14.3 Å². The number of thiocarbonyl (C=S) groups is 1. The van der Waals surface area contributed by atoms with Crippen LogP contribution in [-0.4, -0.2) is 29.2 Å². The van der Waals surface area contributed by atoms with Gasteiger partial charge in [-0.15, -0.1) is 0 Å². The number of amides is 1. The molecule has 1 aromatic heterocycles. The molecule has 0 saturated heterocycles. The van der Waals surface area contributed by atoms with Crippen molar-refractivity contribution in [3.8, 4) is 11.5 Å². The minimum absolute atomic E-state index is 0.183. The second kappa shape index (κ2) is 7.31. The van der Waals surface area contributed by atoms with Gasteiger partial charge in [0.15, 0.2) is 16.6 Å². The highest BCUT2D eigenvalue weighted by Gasteiger charge is 2.15. The Morgan fingerprint density at radius 1 is 1.21 bits per heavy atom. The molecule has 8 heteroatoms. The second-order valence-electron chi connectivity index (χ2n) is 5.03. The van der Waals surface area contributed by atoms with E-state index >= 15 is 0 Å². The number of carbonyl (C=O) groups excluding carboxylic acids is 1. The number of nitrogens with zero attached hydrogens (tertiary/aromatic N) is 1. The number of nitrogens with one attached hydrogen (secondary N) is 2. The van der Waals surface area contributed by atoms with Gasteiger partial charge in [0.05, 0.1) is 5.69 Å². The lowest BCUT2D eigenvalue weighted by molar-refractivity contribution is 0.0976. The lowest BCUT2D eigenvalue weighted by Crippen LogP contribution is -2.34. The van der Waals surface area contributed by atoms with E-state index in [0.717, 1.165) is 9.26 Å². The van der Waals surface area contributed by atoms with Crippen molar-refractivity contribution in [3.05, 3.63) is 45.2 Å². The standard InChI is InChI=1S/C16H14IN3O3S/c1-9-11(17)3-5-14(18-9)19-16(24)20-15(21)10-2-4-12-13(8-10)23-7-6-22-12/h2-5,8H,6-7H2,1H3,(H2,18,19,20,21,24). The number of carbonyl (C=O) groups is 1. The van der Waals surface area contributed by atoms with Crippen LogP contribution in [-0.2, 0) is 0 Å². The van der Waals surface area contributed by atoms with Crippen LogP contribution in [0.5, 0.6) is 11.5 Å². The SMILES string of the molecule is Cc1nc(NC(=S)NC(=O)c2ccc3c(c2)OCCO3)ccc1I. The van der Waals surface area contributed by atoms with Gasteiger partial charge in [0.1, 0.15) is 19.0 Å². The van der Waals surface area contributed by atoms with E-state index in [1.54, 1.807) is 24.3 Å². The van der Waals surface area contributed by atoms with Crippen LogP contribution in [0.4, 0.5) is 5.82 Å². The Kier molecular flexibility index (Phi) is 5.14. The van der Waals surface area contributed by atoms with Crippen LogP contribution in [0.2, 0.25) is 0 Å². The van der Waals surface area contributed by atoms with Gasteiger partial charge in [0.25, 0.3) is 5.91 Å². The van der Waals surface area contributed by atoms with Crippen LogP contribution in [0.1, 0.15) is 16.1 Å². The van der Waals surface area contributed by atoms with Crippen LogP contribution in [0.3, 0.4) is 0 Å². The maximum absolute atomic E-state index is 12.3. The minimum atomic E-state index is -0.327. The molecule has 24 heavy (non-hydrogen) atoms. The second-order valence-corrected chi connectivity index (χ2v) is 6.60. The summed E-state index contributed by atoms with van der Waals surface area (Å²) in [6, 6.07) is 8.75. The Bertz CT molecular complexity index is 813. The van der Waals surface area contributed by atoms with Gasteiger partial charge < -0.3 is 14.8 Å². The molecule has 0 radical (unpaired) electrons. The van der Waals surface area contributed by atoms with Crippen LogP contribution >= 0.6 is 34.8 Å². The number of hydrogen-bond acceptors (Lipinski definition) is 5. The molecule has 2 aromatic rings. The molecule has 3 rings (SSSR count). The van der Waals surface area contributed by atoms with E-state index in [1.165, 1.54) is 0 Å². The summed E-state index contributed by atoms with van der Waals surface area (Å²) in [5.41, 5.74) is 1.33. The summed E-state index contributed by atoms with van der Waals surface area (Å²) < 4.78 is 12.0. The highest BCUT2D eigenvalue weighted by molar-refractivity contribution is 14.1. The van der Waals surface area contributed by atoms with Crippen LogP contribution < -0.4 is 20.1 Å². The first-order valence-electron chi connectivity index (χ1n) is 7.18. The average molecular weight is 455 g/mol. The average Bonchev–Trinajstić information content (AvgIpc) is 2.57. The molecule has 0 atom stereocenters. The Hall–Kier alpha value is -1.94. The van der Waals surface area contributed by atoms with Gasteiger partial charge in [0, 0.05) is 9.13 Å². The Morgan fingerprint density at radius 3 is 2.71 bits per heavy atom. The van der Waals surface area contributed by atoms with Crippen molar-refractivity contribution in [2.45, 2.75) is 6.92 Å². The number of hydrogen-bond donors (Lipinski definition) is 2. The van der Waals surface area contributed by atoms with Crippen molar-refractivity contribution in [3.63, 3.8) is 0 Å². The topological polar surface area (TPSA) is 72.5 Å². The monoisotopic (exact) mass is 455 g/mol. The van der Waals surface area contributed by atoms with Crippen molar-refractivity contribution >= 4 is 51.6 Å². The summed E-state index contributed by atoms with van der Waals surface area (Å²) in [5.74, 6) is 1.45. The molecular weight excluding hydrogens is 441 g/mol. The quantitative estimate of drug-likeness (QED) is 0.536. The van der Waals surface area contributed by atoms with Crippen LogP contribution in [0.15, 0.2) is 30.3 Å². The number of aryl methyl sites for hydroxylation is 1. The predicted octanol–water partition coefficient (Wildman–Crippen LogP) is 2.89. The summed E-state index contributed by atoms with van der Waals surface area (Å²) in [4.78, 5) is 16.7. The maximum Gasteiger partial charge on any atom is 0.257 e. The Morgan fingerprint density at radius 2 is 1.96 bits per heavy atom. The summed E-state index contributed by atoms with van der Waals surface area (Å²) in [7, 11) is 0. The smallest absolute Gasteiger partial charge is 0.257 e. The lowest BCUT2D eigenvalue weighted by atomic mass is 10.2. The number of aromatic nitrogens is 1. The highest BCUT2D eigenvalue weighted by atomic mass is 127. The maximum atomic E-state index is 12.3. The van der Waals surface area contributed by atoms with Crippen LogP contribution in [0.25, 0.3) is 0 Å². The van der Waals surface area contributed by atoms with E-state index in [0.29, 0.717) is 36.1 Å². The molecule has 0 unspecified atom stereocenters. The molecule has 1 aliphatic rings. The molecule has 0 spiro atoms. The number of pyridine rings is 1. The summed E-state index contributed by atoms with van der Waals surface area (Å²) >= 11 is 7.37. The van der Waals surface area contributed by atoms with Gasteiger partial charge in [-0.1, -0.05) is 0 Å². The zero-order valence-corrected chi connectivity index (χ0v) is 15.7. The van der Waals surface area contributed by atoms with Crippen molar-refractivity contribution in [1.82, 2.24) is 10.3 Å². The third-order valence-corrected chi connectivity index (χ3v) is 4.64. The van der Waals surface area contributed by atoms with E-state index in [9.17, 15) is 4.79 Å². The largest absolute Gasteiger partial charge is 0.486 e. The van der Waals surface area contributed by atoms with Crippen molar-refractivity contribution in [2.24, 2.45) is 0 Å². The molecule has 1 aliphatic heterocycles. The number of fused-ring (bicyclic) bond motifs is 1. The molecule has 0 saturated carbocycles. The van der Waals surface area contributed by atoms with Gasteiger partial charge in [-0.3, -0.25) is 10.1 Å². The number of ether oxygens (including phenoxy) is 2. The van der Waals surface area contributed by atoms with Crippen molar-refractivity contribution in [2.75, 3.05) is 18.5 Å². The zero-order valence-electron chi connectivity index (χ0n) is 12.8. The van der Waals surface area contributed by atoms with Gasteiger partial charge in [-0.05, 0) is 72.1 Å².